The highest BCUT2D eigenvalue weighted by atomic mass is 32.2. The maximum Gasteiger partial charge on any atom is 0.340 e. The number of methoxy groups -OCH3 is 1. The Kier molecular flexibility index (Phi) is 3.06. The number of hydrogen-bond donors (Lipinski definition) is 0. The molecule has 1 heterocycles. The molecule has 1 aliphatic rings. The van der Waals surface area contributed by atoms with E-state index in [0.717, 1.165) is 11.5 Å². The summed E-state index contributed by atoms with van der Waals surface area (Å²) >= 11 is 2.74. The van der Waals surface area contributed by atoms with Crippen LogP contribution in [0.15, 0.2) is 0 Å². The Hall–Kier alpha value is -0.160. The average Bonchev–Trinajstić information content (AvgIpc) is 2.52. The molecule has 0 amide bonds. The normalized spacial score (nSPS) is 20.5. The lowest BCUT2D eigenvalue weighted by molar-refractivity contribution is -0.143. The van der Waals surface area contributed by atoms with Crippen molar-refractivity contribution < 1.29 is 14.3 Å². The van der Waals surface area contributed by atoms with Crippen LogP contribution >= 0.6 is 23.5 Å². The van der Waals surface area contributed by atoms with Crippen LogP contribution in [-0.4, -0.2) is 34.4 Å². The van der Waals surface area contributed by atoms with E-state index < -0.39 is 10.0 Å². The SMILES string of the molecule is COC(=O)C1(C(C)=O)SCCS1. The summed E-state index contributed by atoms with van der Waals surface area (Å²) in [4.78, 5) is 22.5. The molecule has 0 aliphatic carbocycles. The number of carbonyl (C=O) groups excluding carboxylic acids is 2. The lowest BCUT2D eigenvalue weighted by Gasteiger charge is -2.19. The smallest absolute Gasteiger partial charge is 0.340 e. The molecule has 3 nitrogen and oxygen atoms in total. The first-order valence-corrected chi connectivity index (χ1v) is 5.48. The summed E-state index contributed by atoms with van der Waals surface area (Å²) < 4.78 is 3.63. The van der Waals surface area contributed by atoms with Crippen LogP contribution in [0.4, 0.5) is 0 Å². The standard InChI is InChI=1S/C7H10O3S2/c1-5(8)7(6(9)10-2)11-3-4-12-7/h3-4H2,1-2H3. The van der Waals surface area contributed by atoms with Crippen molar-refractivity contribution >= 4 is 35.3 Å². The first-order chi connectivity index (χ1) is 5.63. The minimum absolute atomic E-state index is 0.123. The number of ketones is 1. The van der Waals surface area contributed by atoms with Gasteiger partial charge in [0.25, 0.3) is 0 Å². The molecule has 1 saturated heterocycles. The van der Waals surface area contributed by atoms with Crippen LogP contribution in [0.3, 0.4) is 0 Å². The van der Waals surface area contributed by atoms with Crippen molar-refractivity contribution in [3.05, 3.63) is 0 Å². The van der Waals surface area contributed by atoms with Crippen LogP contribution in [-0.2, 0) is 14.3 Å². The predicted octanol–water partition coefficient (Wildman–Crippen LogP) is 0.925. The van der Waals surface area contributed by atoms with Crippen molar-refractivity contribution in [2.75, 3.05) is 18.6 Å². The number of Topliss-reactive ketones (excluding diaryl/α,β-unsaturated/α-hetero) is 1. The Labute approximate surface area is 79.6 Å². The Balaban J connectivity index is 2.86. The molecule has 1 fully saturated rings. The molecule has 1 rings (SSSR count). The molecule has 0 N–H and O–H groups in total. The van der Waals surface area contributed by atoms with E-state index in [4.69, 9.17) is 0 Å². The highest BCUT2D eigenvalue weighted by Crippen LogP contribution is 2.45. The van der Waals surface area contributed by atoms with E-state index in [2.05, 4.69) is 4.74 Å². The summed E-state index contributed by atoms with van der Waals surface area (Å²) in [7, 11) is 1.31. The van der Waals surface area contributed by atoms with Crippen molar-refractivity contribution in [1.82, 2.24) is 0 Å². The number of esters is 1. The van der Waals surface area contributed by atoms with Gasteiger partial charge in [-0.1, -0.05) is 0 Å². The van der Waals surface area contributed by atoms with Crippen molar-refractivity contribution in [1.29, 1.82) is 0 Å². The van der Waals surface area contributed by atoms with Gasteiger partial charge in [0, 0.05) is 11.5 Å². The predicted molar refractivity (Wildman–Crippen MR) is 50.3 cm³/mol. The second-order valence-corrected chi connectivity index (χ2v) is 5.24. The second-order valence-electron chi connectivity index (χ2n) is 2.36. The van der Waals surface area contributed by atoms with Crippen molar-refractivity contribution in [2.45, 2.75) is 11.0 Å². The molecule has 5 heteroatoms. The molecular formula is C7H10O3S2. The van der Waals surface area contributed by atoms with E-state index in [1.807, 2.05) is 0 Å². The largest absolute Gasteiger partial charge is 0.467 e. The molecule has 1 aliphatic heterocycles. The third-order valence-corrected chi connectivity index (χ3v) is 5.11. The molecule has 0 radical (unpaired) electrons. The van der Waals surface area contributed by atoms with Crippen LogP contribution in [0.5, 0.6) is 0 Å². The zero-order chi connectivity index (χ0) is 9.19. The third kappa shape index (κ3) is 1.47. The number of carbonyl (C=O) groups is 2. The highest BCUT2D eigenvalue weighted by Gasteiger charge is 2.48. The van der Waals surface area contributed by atoms with Crippen LogP contribution in [0.25, 0.3) is 0 Å². The molecule has 0 bridgehead atoms. The number of thioether (sulfide) groups is 2. The summed E-state index contributed by atoms with van der Waals surface area (Å²) in [6.07, 6.45) is 0. The highest BCUT2D eigenvalue weighted by molar-refractivity contribution is 8.23. The topological polar surface area (TPSA) is 43.4 Å². The molecule has 0 spiro atoms. The van der Waals surface area contributed by atoms with Gasteiger partial charge in [-0.25, -0.2) is 4.79 Å². The fourth-order valence-electron chi connectivity index (χ4n) is 1.01. The summed E-state index contributed by atoms with van der Waals surface area (Å²) in [5.41, 5.74) is 0. The molecule has 68 valence electrons. The van der Waals surface area contributed by atoms with Gasteiger partial charge in [-0.2, -0.15) is 0 Å². The van der Waals surface area contributed by atoms with Gasteiger partial charge >= 0.3 is 5.97 Å². The fraction of sp³-hybridized carbons (Fsp3) is 0.714. The van der Waals surface area contributed by atoms with E-state index in [0.29, 0.717) is 0 Å². The quantitative estimate of drug-likeness (QED) is 0.496. The zero-order valence-electron chi connectivity index (χ0n) is 6.96. The molecule has 0 atom stereocenters. The van der Waals surface area contributed by atoms with Crippen molar-refractivity contribution in [3.63, 3.8) is 0 Å². The van der Waals surface area contributed by atoms with E-state index in [9.17, 15) is 9.59 Å². The van der Waals surface area contributed by atoms with Crippen LogP contribution in [0.1, 0.15) is 6.92 Å². The van der Waals surface area contributed by atoms with Crippen molar-refractivity contribution in [2.24, 2.45) is 0 Å². The van der Waals surface area contributed by atoms with Gasteiger partial charge in [0.15, 0.2) is 5.78 Å². The Morgan fingerprint density at radius 1 is 1.33 bits per heavy atom. The molecule has 0 aromatic rings. The second kappa shape index (κ2) is 3.70. The minimum atomic E-state index is -0.964. The van der Waals surface area contributed by atoms with E-state index in [-0.39, 0.29) is 5.78 Å². The van der Waals surface area contributed by atoms with Crippen molar-refractivity contribution in [3.8, 4) is 0 Å². The molecule has 0 saturated carbocycles. The number of ether oxygens (including phenoxy) is 1. The van der Waals surface area contributed by atoms with Crippen LogP contribution in [0, 0.1) is 0 Å². The monoisotopic (exact) mass is 206 g/mol. The molecule has 0 unspecified atom stereocenters. The number of hydrogen-bond acceptors (Lipinski definition) is 5. The van der Waals surface area contributed by atoms with Gasteiger partial charge in [-0.3, -0.25) is 4.79 Å². The summed E-state index contributed by atoms with van der Waals surface area (Å²) in [6, 6.07) is 0. The van der Waals surface area contributed by atoms with Gasteiger partial charge in [0.05, 0.1) is 7.11 Å². The van der Waals surface area contributed by atoms with Gasteiger partial charge < -0.3 is 4.74 Å². The molecule has 0 aromatic carbocycles. The molecule has 0 aromatic heterocycles. The first-order valence-electron chi connectivity index (χ1n) is 3.51. The van der Waals surface area contributed by atoms with Gasteiger partial charge in [-0.15, -0.1) is 23.5 Å². The summed E-state index contributed by atoms with van der Waals surface area (Å²) in [5, 5.41) is 0. The van der Waals surface area contributed by atoms with Gasteiger partial charge in [0.2, 0.25) is 4.08 Å². The maximum absolute atomic E-state index is 11.3. The Morgan fingerprint density at radius 3 is 2.17 bits per heavy atom. The van der Waals surface area contributed by atoms with E-state index in [1.54, 1.807) is 0 Å². The maximum atomic E-state index is 11.3. The van der Waals surface area contributed by atoms with E-state index in [1.165, 1.54) is 37.6 Å². The molecule has 12 heavy (non-hydrogen) atoms. The minimum Gasteiger partial charge on any atom is -0.467 e. The van der Waals surface area contributed by atoms with E-state index >= 15 is 0 Å². The Morgan fingerprint density at radius 2 is 1.83 bits per heavy atom. The zero-order valence-corrected chi connectivity index (χ0v) is 8.59. The van der Waals surface area contributed by atoms with Crippen LogP contribution in [0.2, 0.25) is 0 Å². The van der Waals surface area contributed by atoms with Gasteiger partial charge in [0.1, 0.15) is 0 Å². The summed E-state index contributed by atoms with van der Waals surface area (Å²) in [5.74, 6) is 1.11. The van der Waals surface area contributed by atoms with Gasteiger partial charge in [-0.05, 0) is 6.92 Å². The summed E-state index contributed by atoms with van der Waals surface area (Å²) in [6.45, 7) is 1.43. The first kappa shape index (κ1) is 9.92. The number of rotatable bonds is 2. The van der Waals surface area contributed by atoms with Crippen LogP contribution < -0.4 is 0 Å². The fourth-order valence-corrected chi connectivity index (χ4v) is 3.90. The average molecular weight is 206 g/mol. The lowest BCUT2D eigenvalue weighted by Crippen LogP contribution is -2.37. The Bertz CT molecular complexity index is 209. The third-order valence-electron chi connectivity index (χ3n) is 1.61. The molecular weight excluding hydrogens is 196 g/mol. The lowest BCUT2D eigenvalue weighted by atomic mass is 10.3.